The molecule has 4 aromatic carbocycles. The summed E-state index contributed by atoms with van der Waals surface area (Å²) in [4.78, 5) is 30.6. The Morgan fingerprint density at radius 1 is 0.560 bits per heavy atom. The van der Waals surface area contributed by atoms with Crippen LogP contribution in [0.3, 0.4) is 0 Å². The van der Waals surface area contributed by atoms with Crippen molar-refractivity contribution in [2.24, 2.45) is 46.3 Å². The number of H-pyrrole nitrogens is 2. The zero-order valence-corrected chi connectivity index (χ0v) is 53.9. The first-order valence-electron chi connectivity index (χ1n) is 31.5. The number of rotatable bonds is 14. The highest BCUT2D eigenvalue weighted by molar-refractivity contribution is 7.86. The molecule has 4 aliphatic carbocycles. The highest BCUT2D eigenvalue weighted by atomic mass is 32.2. The molecule has 3 fully saturated rings. The first-order valence-corrected chi connectivity index (χ1v) is 35.8. The molecule has 3 saturated carbocycles. The minimum Gasteiger partial charge on any atom is -0.446 e. The number of ether oxygens (including phenoxy) is 1. The number of allylic oxidation sites excluding steroid dienone is 1. The van der Waals surface area contributed by atoms with Gasteiger partial charge in [0.15, 0.2) is 0 Å². The average molecular weight is 1280 g/mol. The molecule has 5 heterocycles. The summed E-state index contributed by atoms with van der Waals surface area (Å²) in [5.41, 5.74) is 11.3. The van der Waals surface area contributed by atoms with E-state index in [9.17, 15) is 43.7 Å². The van der Waals surface area contributed by atoms with Crippen LogP contribution in [-0.2, 0) is 35.1 Å². The second-order valence-corrected chi connectivity index (χ2v) is 31.0. The molecule has 0 radical (unpaired) electrons. The molecule has 16 nitrogen and oxygen atoms in total. The molecule has 3 aromatic heterocycles. The number of aromatic nitrogens is 4. The number of nitrogens with one attached hydrogen (secondary N) is 3. The van der Waals surface area contributed by atoms with E-state index < -0.39 is 36.4 Å². The quantitative estimate of drug-likeness (QED) is 0.0438. The van der Waals surface area contributed by atoms with Crippen molar-refractivity contribution in [1.29, 1.82) is 0 Å². The molecule has 2 aliphatic heterocycles. The lowest BCUT2D eigenvalue weighted by atomic mass is 9.47. The highest BCUT2D eigenvalue weighted by Gasteiger charge is 2.59. The second-order valence-electron chi connectivity index (χ2n) is 26.8. The third-order valence-electron chi connectivity index (χ3n) is 21.0. The minimum absolute atomic E-state index is 0.107. The van der Waals surface area contributed by atoms with Crippen molar-refractivity contribution in [3.63, 3.8) is 0 Å². The van der Waals surface area contributed by atoms with Crippen LogP contribution in [0.15, 0.2) is 148 Å². The molecule has 0 saturated heterocycles. The molecule has 1 unspecified atom stereocenters. The molecule has 1 amide bonds. The lowest BCUT2D eigenvalue weighted by Crippen LogP contribution is -2.51. The second kappa shape index (κ2) is 23.7. The third-order valence-corrected chi connectivity index (χ3v) is 23.6. The number of carbonyl (C=O) groups is 1. The lowest BCUT2D eigenvalue weighted by Gasteiger charge is -2.58. The fourth-order valence-corrected chi connectivity index (χ4v) is 18.0. The fourth-order valence-electron chi connectivity index (χ4n) is 16.6. The van der Waals surface area contributed by atoms with Crippen LogP contribution in [0.25, 0.3) is 90.9 Å². The number of carbonyl (C=O) groups excluding carboxylic acids is 1. The number of amides is 1. The van der Waals surface area contributed by atoms with Crippen LogP contribution in [0.2, 0.25) is 0 Å². The molecule has 13 rings (SSSR count). The summed E-state index contributed by atoms with van der Waals surface area (Å²) < 4.78 is 110. The van der Waals surface area contributed by atoms with Gasteiger partial charge in [0.05, 0.1) is 37.5 Å². The SMILES string of the molecule is CC(C)CCC[C@@H](C)[C@H]1CC[C@H]2[C@@H]3CC=C4CC(OC(=O)Nc5ccc(-c6c7nc(c(-c8ccc(S(=O)(=O)O)cc8)c8ccc([nH]8)c(-c8ccc(S(=O)(=O)O)cc8)c8nc(c(-c9ccc(S(=O)(=O)O)cc9)c9ccc6[nH]9)C=C8)C=C7)cc5)CC[C@]4(C)[C@H]3CC[C@]12C. The zero-order chi connectivity index (χ0) is 63.9. The number of hydrogen-bond acceptors (Lipinski definition) is 10. The summed E-state index contributed by atoms with van der Waals surface area (Å²) in [5, 5.41) is 3.01. The van der Waals surface area contributed by atoms with Crippen LogP contribution in [0.5, 0.6) is 0 Å². The molecule has 19 heteroatoms. The van der Waals surface area contributed by atoms with Crippen molar-refractivity contribution < 1.29 is 48.4 Å². The van der Waals surface area contributed by atoms with Gasteiger partial charge in [0.25, 0.3) is 30.4 Å². The summed E-state index contributed by atoms with van der Waals surface area (Å²) in [6, 6.07) is 32.0. The Morgan fingerprint density at radius 2 is 0.989 bits per heavy atom. The van der Waals surface area contributed by atoms with E-state index in [1.54, 1.807) is 48.6 Å². The maximum Gasteiger partial charge on any atom is 0.411 e. The van der Waals surface area contributed by atoms with Gasteiger partial charge in [-0.1, -0.05) is 114 Å². The molecule has 91 heavy (non-hydrogen) atoms. The molecule has 6 N–H and O–H groups in total. The van der Waals surface area contributed by atoms with Crippen molar-refractivity contribution in [3.05, 3.63) is 156 Å². The molecule has 8 bridgehead atoms. The van der Waals surface area contributed by atoms with E-state index >= 15 is 0 Å². The van der Waals surface area contributed by atoms with Gasteiger partial charge in [0.2, 0.25) is 0 Å². The Hall–Kier alpha value is -7.78. The summed E-state index contributed by atoms with van der Waals surface area (Å²) in [6.07, 6.45) is 22.0. The van der Waals surface area contributed by atoms with Gasteiger partial charge >= 0.3 is 6.09 Å². The molecule has 472 valence electrons. The largest absolute Gasteiger partial charge is 0.446 e. The number of fused-ring (bicyclic) bond motifs is 13. The van der Waals surface area contributed by atoms with E-state index in [1.807, 2.05) is 60.7 Å². The summed E-state index contributed by atoms with van der Waals surface area (Å²) in [5.74, 6) is 4.45. The standard InChI is InChI=1S/C72H75N5O11S3/c1-42(2)7-6-8-43(3)55-27-28-56-54-26-17-48-41-50(37-39-71(48,4)57(54)38-40-72(55,56)5)88-70(78)73-49-18-9-44(10-19-49)66-58-29-31-60(74-58)67(45-11-20-51(21-12-45)89(79,80)81)62-33-35-64(76-62)69(47-15-24-53(25-16-47)91(85,86)87)65-36-34-63(77-65)68(61-32-30-59(66)75-61)46-13-22-52(23-14-46)90(82,83)84/h9-25,29-36,42-43,50,54-57,74,77H,6-8,26-28,37-41H2,1-5H3,(H,73,78)(H,79,80,81)(H,82,83,84)(H,85,86,87)/t43-,50?,54+,55-,56+,57+,71+,72-/m1/s1. The number of hydrogen-bond donors (Lipinski definition) is 6. The highest BCUT2D eigenvalue weighted by Crippen LogP contribution is 2.67. The van der Waals surface area contributed by atoms with Crippen molar-refractivity contribution in [2.75, 3.05) is 5.32 Å². The van der Waals surface area contributed by atoms with Crippen molar-refractivity contribution in [3.8, 4) is 44.5 Å². The van der Waals surface area contributed by atoms with Crippen LogP contribution in [0.4, 0.5) is 10.5 Å². The van der Waals surface area contributed by atoms with Gasteiger partial charge in [-0.3, -0.25) is 19.0 Å². The van der Waals surface area contributed by atoms with E-state index in [4.69, 9.17) is 14.7 Å². The zero-order valence-electron chi connectivity index (χ0n) is 51.5. The monoisotopic (exact) mass is 1280 g/mol. The molecule has 7 aromatic rings. The van der Waals surface area contributed by atoms with Gasteiger partial charge in [0.1, 0.15) is 6.10 Å². The normalized spacial score (nSPS) is 23.3. The van der Waals surface area contributed by atoms with Gasteiger partial charge in [-0.05, 0) is 211 Å². The summed E-state index contributed by atoms with van der Waals surface area (Å²) in [6.45, 7) is 12.3. The van der Waals surface area contributed by atoms with Gasteiger partial charge in [-0.2, -0.15) is 25.3 Å². The minimum atomic E-state index is -4.55. The lowest BCUT2D eigenvalue weighted by molar-refractivity contribution is -0.0577. The van der Waals surface area contributed by atoms with Crippen LogP contribution in [0, 0.1) is 46.3 Å². The maximum atomic E-state index is 13.9. The summed E-state index contributed by atoms with van der Waals surface area (Å²) in [7, 11) is -13.6. The Morgan fingerprint density at radius 3 is 1.41 bits per heavy atom. The average Bonchev–Trinajstić information content (AvgIpc) is 1.71. The Bertz CT molecular complexity index is 4600. The van der Waals surface area contributed by atoms with E-state index in [0.717, 1.165) is 49.4 Å². The Kier molecular flexibility index (Phi) is 16.2. The number of anilines is 1. The van der Waals surface area contributed by atoms with E-state index in [-0.39, 0.29) is 26.2 Å². The smallest absolute Gasteiger partial charge is 0.411 e. The Labute approximate surface area is 531 Å². The van der Waals surface area contributed by atoms with Crippen molar-refractivity contribution in [2.45, 2.75) is 126 Å². The van der Waals surface area contributed by atoms with Crippen LogP contribution in [-0.4, -0.2) is 71.0 Å². The van der Waals surface area contributed by atoms with Gasteiger partial charge in [-0.15, -0.1) is 0 Å². The van der Waals surface area contributed by atoms with Crippen LogP contribution < -0.4 is 5.32 Å². The van der Waals surface area contributed by atoms with Gasteiger partial charge in [-0.25, -0.2) is 14.8 Å². The molecule has 8 atom stereocenters. The molecular weight excluding hydrogens is 1210 g/mol. The number of nitrogens with zero attached hydrogens (tertiary/aromatic N) is 2. The van der Waals surface area contributed by atoms with Crippen molar-refractivity contribution in [1.82, 2.24) is 19.9 Å². The van der Waals surface area contributed by atoms with Crippen LogP contribution >= 0.6 is 0 Å². The van der Waals surface area contributed by atoms with Gasteiger partial charge in [0, 0.05) is 56.4 Å². The third kappa shape index (κ3) is 12.0. The van der Waals surface area contributed by atoms with E-state index in [2.05, 4.69) is 56.0 Å². The fraction of sp³-hybridized carbons (Fsp3) is 0.347. The maximum absolute atomic E-state index is 13.9. The van der Waals surface area contributed by atoms with E-state index in [1.165, 1.54) is 86.9 Å². The Balaban J connectivity index is 0.854. The first kappa shape index (κ1) is 62.0. The summed E-state index contributed by atoms with van der Waals surface area (Å²) >= 11 is 0. The van der Waals surface area contributed by atoms with Crippen LogP contribution in [0.1, 0.15) is 128 Å². The first-order chi connectivity index (χ1) is 43.3. The predicted molar refractivity (Wildman–Crippen MR) is 357 cm³/mol. The van der Waals surface area contributed by atoms with Crippen molar-refractivity contribution >= 4 is 88.5 Å². The topological polar surface area (TPSA) is 259 Å². The predicted octanol–water partition coefficient (Wildman–Crippen LogP) is 17.0. The van der Waals surface area contributed by atoms with Gasteiger partial charge < -0.3 is 14.7 Å². The molecule has 0 spiro atoms. The molecule has 6 aliphatic rings. The number of benzene rings is 4. The number of aromatic amines is 2. The van der Waals surface area contributed by atoms with E-state index in [0.29, 0.717) is 112 Å². The molecular formula is C72H75N5O11S3.